The van der Waals surface area contributed by atoms with E-state index in [4.69, 9.17) is 13.9 Å². The van der Waals surface area contributed by atoms with Crippen LogP contribution in [0.15, 0.2) is 34.9 Å². The van der Waals surface area contributed by atoms with Gasteiger partial charge in [-0.25, -0.2) is 9.78 Å². The highest BCUT2D eigenvalue weighted by Gasteiger charge is 2.36. The molecule has 10 heteroatoms. The van der Waals surface area contributed by atoms with Gasteiger partial charge in [-0.2, -0.15) is 13.2 Å². The smallest absolute Gasteiger partial charge is 0.416 e. The molecule has 7 nitrogen and oxygen atoms in total. The molecule has 0 saturated carbocycles. The molecule has 0 unspecified atom stereocenters. The summed E-state index contributed by atoms with van der Waals surface area (Å²) in [6.07, 6.45) is -2.19. The molecule has 0 bridgehead atoms. The third kappa shape index (κ3) is 4.26. The van der Waals surface area contributed by atoms with Gasteiger partial charge in [0.15, 0.2) is 12.3 Å². The molecule has 28 heavy (non-hydrogen) atoms. The third-order valence-corrected chi connectivity index (χ3v) is 4.28. The number of amides is 1. The minimum Gasteiger partial charge on any atom is -0.484 e. The first-order chi connectivity index (χ1) is 13.3. The van der Waals surface area contributed by atoms with E-state index in [0.29, 0.717) is 19.4 Å². The van der Waals surface area contributed by atoms with E-state index in [1.165, 1.54) is 24.1 Å². The number of hydrogen-bond donors (Lipinski definition) is 0. The van der Waals surface area contributed by atoms with Crippen molar-refractivity contribution in [3.05, 3.63) is 47.7 Å². The fourth-order valence-corrected chi connectivity index (χ4v) is 2.92. The predicted octanol–water partition coefficient (Wildman–Crippen LogP) is 3.05. The standard InChI is InChI=1S/C18H17F3N2O5/c1-26-17(25)14-6-3-7-23(14)16(24)13-9-28-15(22-13)10-27-12-5-2-4-11(8-12)18(19,20)21/h2,4-5,8-9,14H,3,6-7,10H2,1H3/t14-/m0/s1. The van der Waals surface area contributed by atoms with Gasteiger partial charge in [-0.1, -0.05) is 6.07 Å². The molecule has 1 aliphatic rings. The number of carbonyl (C=O) groups excluding carboxylic acids is 2. The first kappa shape index (κ1) is 19.7. The SMILES string of the molecule is COC(=O)[C@@H]1CCCN1C(=O)c1coc(COc2cccc(C(F)(F)F)c2)n1. The second kappa shape index (κ2) is 7.91. The van der Waals surface area contributed by atoms with Crippen molar-refractivity contribution in [3.63, 3.8) is 0 Å². The lowest BCUT2D eigenvalue weighted by molar-refractivity contribution is -0.145. The number of aromatic nitrogens is 1. The lowest BCUT2D eigenvalue weighted by atomic mass is 10.2. The number of oxazole rings is 1. The number of methoxy groups -OCH3 is 1. The van der Waals surface area contributed by atoms with Crippen LogP contribution in [0.3, 0.4) is 0 Å². The van der Waals surface area contributed by atoms with E-state index in [9.17, 15) is 22.8 Å². The Bertz CT molecular complexity index is 865. The molecule has 1 atom stereocenters. The number of ether oxygens (including phenoxy) is 2. The number of likely N-dealkylation sites (tertiary alicyclic amines) is 1. The van der Waals surface area contributed by atoms with Gasteiger partial charge in [-0.3, -0.25) is 4.79 Å². The maximum Gasteiger partial charge on any atom is 0.416 e. The van der Waals surface area contributed by atoms with Crippen LogP contribution in [0.2, 0.25) is 0 Å². The number of benzene rings is 1. The Kier molecular flexibility index (Phi) is 5.57. The first-order valence-electron chi connectivity index (χ1n) is 8.43. The van der Waals surface area contributed by atoms with Crippen molar-refractivity contribution in [2.45, 2.75) is 31.7 Å². The highest BCUT2D eigenvalue weighted by Crippen LogP contribution is 2.31. The van der Waals surface area contributed by atoms with Gasteiger partial charge in [-0.15, -0.1) is 0 Å². The normalized spacial score (nSPS) is 16.9. The Morgan fingerprint density at radius 3 is 2.86 bits per heavy atom. The average molecular weight is 398 g/mol. The maximum absolute atomic E-state index is 12.7. The summed E-state index contributed by atoms with van der Waals surface area (Å²) in [5.74, 6) is -0.967. The lowest BCUT2D eigenvalue weighted by Crippen LogP contribution is -2.41. The van der Waals surface area contributed by atoms with Crippen LogP contribution < -0.4 is 4.74 Å². The molecule has 1 aromatic heterocycles. The Balaban J connectivity index is 1.64. The number of carbonyl (C=O) groups is 2. The van der Waals surface area contributed by atoms with Gasteiger partial charge in [0.05, 0.1) is 12.7 Å². The third-order valence-electron chi connectivity index (χ3n) is 4.28. The van der Waals surface area contributed by atoms with Crippen molar-refractivity contribution >= 4 is 11.9 Å². The van der Waals surface area contributed by atoms with Gasteiger partial charge in [0.2, 0.25) is 5.89 Å². The topological polar surface area (TPSA) is 81.9 Å². The second-order valence-corrected chi connectivity index (χ2v) is 6.12. The Hall–Kier alpha value is -3.04. The second-order valence-electron chi connectivity index (χ2n) is 6.12. The van der Waals surface area contributed by atoms with E-state index < -0.39 is 29.7 Å². The minimum absolute atomic E-state index is 0.00815. The van der Waals surface area contributed by atoms with Crippen LogP contribution in [0, 0.1) is 0 Å². The van der Waals surface area contributed by atoms with Gasteiger partial charge in [0.1, 0.15) is 18.1 Å². The molecule has 0 N–H and O–H groups in total. The molecule has 2 heterocycles. The van der Waals surface area contributed by atoms with Gasteiger partial charge in [0.25, 0.3) is 5.91 Å². The summed E-state index contributed by atoms with van der Waals surface area (Å²) in [7, 11) is 1.25. The number of alkyl halides is 3. The Morgan fingerprint density at radius 1 is 1.36 bits per heavy atom. The number of halogens is 3. The zero-order valence-electron chi connectivity index (χ0n) is 14.9. The zero-order chi connectivity index (χ0) is 20.3. The molecule has 1 aliphatic heterocycles. The number of nitrogens with zero attached hydrogens (tertiary/aromatic N) is 2. The molecule has 2 aromatic rings. The molecule has 1 saturated heterocycles. The zero-order valence-corrected chi connectivity index (χ0v) is 14.9. The lowest BCUT2D eigenvalue weighted by Gasteiger charge is -2.21. The summed E-state index contributed by atoms with van der Waals surface area (Å²) < 4.78 is 53.3. The molecule has 0 radical (unpaired) electrons. The molecule has 1 amide bonds. The van der Waals surface area contributed by atoms with E-state index in [2.05, 4.69) is 4.98 Å². The van der Waals surface area contributed by atoms with Gasteiger partial charge < -0.3 is 18.8 Å². The van der Waals surface area contributed by atoms with Crippen LogP contribution in [-0.4, -0.2) is 41.5 Å². The Morgan fingerprint density at radius 2 is 2.14 bits per heavy atom. The summed E-state index contributed by atoms with van der Waals surface area (Å²) in [5.41, 5.74) is -0.852. The molecule has 3 rings (SSSR count). The molecule has 1 fully saturated rings. The monoisotopic (exact) mass is 398 g/mol. The van der Waals surface area contributed by atoms with Crippen LogP contribution in [0.1, 0.15) is 34.8 Å². The van der Waals surface area contributed by atoms with Crippen LogP contribution in [0.25, 0.3) is 0 Å². The summed E-state index contributed by atoms with van der Waals surface area (Å²) in [6.45, 7) is 0.135. The molecule has 0 aliphatic carbocycles. The van der Waals surface area contributed by atoms with Gasteiger partial charge in [-0.05, 0) is 31.0 Å². The van der Waals surface area contributed by atoms with Crippen LogP contribution in [0.5, 0.6) is 5.75 Å². The van der Waals surface area contributed by atoms with Gasteiger partial charge >= 0.3 is 12.1 Å². The van der Waals surface area contributed by atoms with E-state index in [0.717, 1.165) is 18.4 Å². The van der Waals surface area contributed by atoms with Crippen molar-refractivity contribution in [2.75, 3.05) is 13.7 Å². The highest BCUT2D eigenvalue weighted by atomic mass is 19.4. The van der Waals surface area contributed by atoms with Crippen molar-refractivity contribution in [1.29, 1.82) is 0 Å². The number of esters is 1. The minimum atomic E-state index is -4.48. The van der Waals surface area contributed by atoms with E-state index in [1.54, 1.807) is 0 Å². The van der Waals surface area contributed by atoms with Gasteiger partial charge in [0, 0.05) is 6.54 Å². The van der Waals surface area contributed by atoms with Crippen LogP contribution >= 0.6 is 0 Å². The van der Waals surface area contributed by atoms with E-state index >= 15 is 0 Å². The molecule has 1 aromatic carbocycles. The maximum atomic E-state index is 12.7. The van der Waals surface area contributed by atoms with Crippen molar-refractivity contribution in [1.82, 2.24) is 9.88 Å². The van der Waals surface area contributed by atoms with Crippen molar-refractivity contribution < 1.29 is 36.7 Å². The highest BCUT2D eigenvalue weighted by molar-refractivity contribution is 5.95. The summed E-state index contributed by atoms with van der Waals surface area (Å²) in [5, 5.41) is 0. The van der Waals surface area contributed by atoms with Crippen molar-refractivity contribution in [2.24, 2.45) is 0 Å². The first-order valence-corrected chi connectivity index (χ1v) is 8.43. The summed E-state index contributed by atoms with van der Waals surface area (Å²) in [6, 6.07) is 3.72. The fraction of sp³-hybridized carbons (Fsp3) is 0.389. The van der Waals surface area contributed by atoms with E-state index in [-0.39, 0.29) is 23.9 Å². The average Bonchev–Trinajstić information content (AvgIpc) is 3.34. The Labute approximate surface area is 158 Å². The molecule has 0 spiro atoms. The summed E-state index contributed by atoms with van der Waals surface area (Å²) >= 11 is 0. The molecule has 150 valence electrons. The molecular formula is C18H17F3N2O5. The molecular weight excluding hydrogens is 381 g/mol. The fourth-order valence-electron chi connectivity index (χ4n) is 2.92. The van der Waals surface area contributed by atoms with Crippen LogP contribution in [-0.2, 0) is 22.3 Å². The summed E-state index contributed by atoms with van der Waals surface area (Å²) in [4.78, 5) is 29.7. The largest absolute Gasteiger partial charge is 0.484 e. The predicted molar refractivity (Wildman–Crippen MR) is 88.4 cm³/mol. The number of rotatable bonds is 5. The van der Waals surface area contributed by atoms with Crippen LogP contribution in [0.4, 0.5) is 13.2 Å². The van der Waals surface area contributed by atoms with Crippen molar-refractivity contribution in [3.8, 4) is 5.75 Å². The van der Waals surface area contributed by atoms with E-state index in [1.807, 2.05) is 0 Å². The number of hydrogen-bond acceptors (Lipinski definition) is 6. The quantitative estimate of drug-likeness (QED) is 0.720.